The van der Waals surface area contributed by atoms with E-state index in [1.165, 1.54) is 0 Å². The molecule has 1 aromatic carbocycles. The first-order valence-corrected chi connectivity index (χ1v) is 6.41. The summed E-state index contributed by atoms with van der Waals surface area (Å²) in [6, 6.07) is 7.53. The minimum Gasteiger partial charge on any atom is -0.480 e. The van der Waals surface area contributed by atoms with Crippen molar-refractivity contribution in [1.82, 2.24) is 0 Å². The molecule has 2 nitrogen and oxygen atoms in total. The van der Waals surface area contributed by atoms with Crippen molar-refractivity contribution in [2.45, 2.75) is 9.65 Å². The second-order valence-corrected chi connectivity index (χ2v) is 5.59. The Balaban J connectivity index is 2.89. The number of halogens is 3. The van der Waals surface area contributed by atoms with Crippen LogP contribution >= 0.6 is 47.8 Å². The summed E-state index contributed by atoms with van der Waals surface area (Å²) in [5.74, 6) is -0.883. The normalized spacial score (nSPS) is 14.8. The zero-order valence-corrected chi connectivity index (χ0v) is 11.7. The summed E-state index contributed by atoms with van der Waals surface area (Å²) in [5, 5.41) is 8.79. The Bertz CT molecular complexity index is 341. The molecule has 0 aliphatic rings. The van der Waals surface area contributed by atoms with Gasteiger partial charge in [0.2, 0.25) is 0 Å². The quantitative estimate of drug-likeness (QED) is 0.804. The first kappa shape index (κ1) is 12.2. The number of rotatable bonds is 3. The maximum Gasteiger partial charge on any atom is 0.318 e. The van der Waals surface area contributed by atoms with Crippen LogP contribution in [-0.4, -0.2) is 15.9 Å². The maximum absolute atomic E-state index is 10.7. The van der Waals surface area contributed by atoms with Gasteiger partial charge in [0, 0.05) is 4.47 Å². The van der Waals surface area contributed by atoms with E-state index in [2.05, 4.69) is 47.8 Å². The lowest BCUT2D eigenvalue weighted by Gasteiger charge is -2.13. The number of carbonyl (C=O) groups is 1. The molecule has 1 N–H and O–H groups in total. The molecule has 14 heavy (non-hydrogen) atoms. The van der Waals surface area contributed by atoms with Crippen LogP contribution in [0.15, 0.2) is 28.7 Å². The van der Waals surface area contributed by atoms with Crippen molar-refractivity contribution in [1.29, 1.82) is 0 Å². The third-order valence-corrected chi connectivity index (χ3v) is 4.84. The van der Waals surface area contributed by atoms with Crippen molar-refractivity contribution in [3.63, 3.8) is 0 Å². The molecule has 1 aromatic rings. The topological polar surface area (TPSA) is 37.3 Å². The maximum atomic E-state index is 10.7. The van der Waals surface area contributed by atoms with Gasteiger partial charge in [-0.3, -0.25) is 4.79 Å². The molecule has 0 amide bonds. The van der Waals surface area contributed by atoms with Gasteiger partial charge in [-0.25, -0.2) is 0 Å². The Kier molecular flexibility index (Phi) is 4.60. The Morgan fingerprint density at radius 2 is 2.00 bits per heavy atom. The number of hydrogen-bond donors (Lipinski definition) is 1. The molecule has 0 bridgehead atoms. The van der Waals surface area contributed by atoms with Gasteiger partial charge in [0.1, 0.15) is 4.83 Å². The molecule has 0 radical (unpaired) electrons. The van der Waals surface area contributed by atoms with Gasteiger partial charge >= 0.3 is 5.97 Å². The summed E-state index contributed by atoms with van der Waals surface area (Å²) in [6.07, 6.45) is 0. The predicted molar refractivity (Wildman–Crippen MR) is 66.2 cm³/mol. The van der Waals surface area contributed by atoms with Crippen LogP contribution in [0.25, 0.3) is 0 Å². The van der Waals surface area contributed by atoms with E-state index in [4.69, 9.17) is 5.11 Å². The van der Waals surface area contributed by atoms with Gasteiger partial charge < -0.3 is 5.11 Å². The fourth-order valence-electron chi connectivity index (χ4n) is 0.972. The van der Waals surface area contributed by atoms with Crippen LogP contribution in [0.5, 0.6) is 0 Å². The van der Waals surface area contributed by atoms with E-state index in [0.29, 0.717) is 0 Å². The van der Waals surface area contributed by atoms with Crippen molar-refractivity contribution in [3.05, 3.63) is 34.3 Å². The van der Waals surface area contributed by atoms with Crippen molar-refractivity contribution in [3.8, 4) is 0 Å². The molecule has 0 spiro atoms. The van der Waals surface area contributed by atoms with Crippen LogP contribution in [0, 0.1) is 0 Å². The molecule has 0 heterocycles. The second-order valence-electron chi connectivity index (χ2n) is 2.70. The molecular formula is C9H7Br3O2. The average molecular weight is 387 g/mol. The third kappa shape index (κ3) is 3.07. The summed E-state index contributed by atoms with van der Waals surface area (Å²) in [5.41, 5.74) is 0.920. The average Bonchev–Trinajstić information content (AvgIpc) is 2.15. The van der Waals surface area contributed by atoms with E-state index in [1.54, 1.807) is 0 Å². The lowest BCUT2D eigenvalue weighted by Crippen LogP contribution is -2.17. The molecule has 5 heteroatoms. The Morgan fingerprint density at radius 1 is 1.36 bits per heavy atom. The van der Waals surface area contributed by atoms with E-state index in [-0.39, 0.29) is 4.83 Å². The summed E-state index contributed by atoms with van der Waals surface area (Å²) in [6.45, 7) is 0. The number of carboxylic acid groups (broad SMARTS) is 1. The third-order valence-electron chi connectivity index (χ3n) is 1.66. The summed E-state index contributed by atoms with van der Waals surface area (Å²) in [4.78, 5) is 9.84. The first-order valence-electron chi connectivity index (χ1n) is 3.79. The van der Waals surface area contributed by atoms with E-state index in [1.807, 2.05) is 24.3 Å². The van der Waals surface area contributed by atoms with Crippen molar-refractivity contribution < 1.29 is 9.90 Å². The van der Waals surface area contributed by atoms with Gasteiger partial charge in [-0.2, -0.15) is 0 Å². The van der Waals surface area contributed by atoms with Gasteiger partial charge in [-0.15, -0.1) is 0 Å². The Labute approximate surface area is 107 Å². The predicted octanol–water partition coefficient (Wildman–Crippen LogP) is 3.73. The Morgan fingerprint density at radius 3 is 2.50 bits per heavy atom. The van der Waals surface area contributed by atoms with Gasteiger partial charge in [-0.05, 0) is 17.7 Å². The van der Waals surface area contributed by atoms with Gasteiger partial charge in [0.05, 0.1) is 4.83 Å². The number of alkyl halides is 2. The zero-order chi connectivity index (χ0) is 10.7. The highest BCUT2D eigenvalue weighted by atomic mass is 79.9. The number of aliphatic carboxylic acids is 1. The Hall–Kier alpha value is 0.130. The second kappa shape index (κ2) is 5.28. The van der Waals surface area contributed by atoms with Crippen LogP contribution in [0.2, 0.25) is 0 Å². The first-order chi connectivity index (χ1) is 6.52. The molecule has 2 atom stereocenters. The van der Waals surface area contributed by atoms with E-state index < -0.39 is 10.8 Å². The highest BCUT2D eigenvalue weighted by molar-refractivity contribution is 9.12. The minimum atomic E-state index is -0.883. The molecule has 0 saturated heterocycles. The monoisotopic (exact) mass is 384 g/mol. The molecule has 0 aliphatic heterocycles. The van der Waals surface area contributed by atoms with Gasteiger partial charge in [0.15, 0.2) is 0 Å². The van der Waals surface area contributed by atoms with Gasteiger partial charge in [0.25, 0.3) is 0 Å². The SMILES string of the molecule is O=C(O)[C@H](Br)[C@H](Br)c1cccc(Br)c1. The molecular weight excluding hydrogens is 380 g/mol. The van der Waals surface area contributed by atoms with Crippen LogP contribution in [-0.2, 0) is 4.79 Å². The smallest absolute Gasteiger partial charge is 0.318 e. The van der Waals surface area contributed by atoms with Crippen LogP contribution in [0.4, 0.5) is 0 Å². The molecule has 0 unspecified atom stereocenters. The number of benzene rings is 1. The lowest BCUT2D eigenvalue weighted by molar-refractivity contribution is -0.136. The van der Waals surface area contributed by atoms with Crippen molar-refractivity contribution >= 4 is 53.8 Å². The van der Waals surface area contributed by atoms with Crippen LogP contribution < -0.4 is 0 Å². The number of hydrogen-bond acceptors (Lipinski definition) is 1. The largest absolute Gasteiger partial charge is 0.480 e. The highest BCUT2D eigenvalue weighted by Crippen LogP contribution is 2.32. The standard InChI is InChI=1S/C9H7Br3O2/c10-6-3-1-2-5(4-6)7(11)8(12)9(13)14/h1-4,7-8H,(H,13,14)/t7-,8-/m1/s1. The fourth-order valence-corrected chi connectivity index (χ4v) is 2.21. The summed E-state index contributed by atoms with van der Waals surface area (Å²) < 4.78 is 0.935. The van der Waals surface area contributed by atoms with E-state index in [9.17, 15) is 4.79 Å². The molecule has 0 aliphatic carbocycles. The molecule has 0 fully saturated rings. The lowest BCUT2D eigenvalue weighted by atomic mass is 10.1. The van der Waals surface area contributed by atoms with E-state index in [0.717, 1.165) is 10.0 Å². The van der Waals surface area contributed by atoms with Gasteiger partial charge in [-0.1, -0.05) is 59.9 Å². The van der Waals surface area contributed by atoms with Crippen molar-refractivity contribution in [2.24, 2.45) is 0 Å². The van der Waals surface area contributed by atoms with Crippen LogP contribution in [0.3, 0.4) is 0 Å². The molecule has 0 saturated carbocycles. The minimum absolute atomic E-state index is 0.238. The fraction of sp³-hybridized carbons (Fsp3) is 0.222. The van der Waals surface area contributed by atoms with Crippen LogP contribution in [0.1, 0.15) is 10.4 Å². The molecule has 76 valence electrons. The summed E-state index contributed by atoms with van der Waals surface area (Å²) >= 11 is 9.78. The molecule has 1 rings (SSSR count). The zero-order valence-electron chi connectivity index (χ0n) is 6.95. The number of carboxylic acids is 1. The summed E-state index contributed by atoms with van der Waals surface area (Å²) in [7, 11) is 0. The van der Waals surface area contributed by atoms with E-state index >= 15 is 0 Å². The highest BCUT2D eigenvalue weighted by Gasteiger charge is 2.24. The molecule has 0 aromatic heterocycles. The van der Waals surface area contributed by atoms with Crippen molar-refractivity contribution in [2.75, 3.05) is 0 Å².